The number of amides is 1. The van der Waals surface area contributed by atoms with Crippen molar-refractivity contribution in [3.05, 3.63) is 4.91 Å². The summed E-state index contributed by atoms with van der Waals surface area (Å²) in [6, 6.07) is -1.13. The molecule has 1 amide bonds. The number of carbonyl (C=O) groups excluding carboxylic acids is 1. The Labute approximate surface area is 79.2 Å². The van der Waals surface area contributed by atoms with Gasteiger partial charge in [0.15, 0.2) is 0 Å². The lowest BCUT2D eigenvalue weighted by Gasteiger charge is -2.26. The van der Waals surface area contributed by atoms with Crippen LogP contribution in [-0.2, 0) is 9.59 Å². The maximum Gasteiger partial charge on any atom is 0.327 e. The number of hydrogen-bond donors (Lipinski definition) is 2. The van der Waals surface area contributed by atoms with Gasteiger partial charge in [0.1, 0.15) is 6.04 Å². The van der Waals surface area contributed by atoms with E-state index in [2.05, 4.69) is 9.90 Å². The molecule has 7 heteroatoms. The fourth-order valence-corrected chi connectivity index (χ4v) is 1.25. The predicted octanol–water partition coefficient (Wildman–Crippen LogP) is 0.379. The molecule has 2 N–H and O–H groups in total. The molecule has 74 valence electrons. The van der Waals surface area contributed by atoms with E-state index in [1.165, 1.54) is 13.8 Å². The second kappa shape index (κ2) is 4.80. The number of carbonyl (C=O) groups is 2. The van der Waals surface area contributed by atoms with Crippen LogP contribution in [0.2, 0.25) is 0 Å². The molecular formula is C6H10N2O4S. The van der Waals surface area contributed by atoms with Gasteiger partial charge in [0.2, 0.25) is 6.41 Å². The number of rotatable bonds is 6. The van der Waals surface area contributed by atoms with Gasteiger partial charge >= 0.3 is 5.97 Å². The maximum atomic E-state index is 10.6. The van der Waals surface area contributed by atoms with Crippen molar-refractivity contribution in [3.63, 3.8) is 0 Å². The van der Waals surface area contributed by atoms with Crippen LogP contribution in [0.1, 0.15) is 13.8 Å². The topological polar surface area (TPSA) is 95.8 Å². The molecule has 0 aliphatic rings. The van der Waals surface area contributed by atoms with E-state index in [9.17, 15) is 14.5 Å². The van der Waals surface area contributed by atoms with Crippen LogP contribution in [0.3, 0.4) is 0 Å². The Hall–Kier alpha value is -1.11. The molecule has 0 aromatic heterocycles. The van der Waals surface area contributed by atoms with Crippen LogP contribution in [0.25, 0.3) is 0 Å². The summed E-state index contributed by atoms with van der Waals surface area (Å²) in [6.07, 6.45) is 0.284. The molecule has 13 heavy (non-hydrogen) atoms. The second-order valence-electron chi connectivity index (χ2n) is 2.83. The van der Waals surface area contributed by atoms with Gasteiger partial charge in [-0.1, -0.05) is 0 Å². The highest BCUT2D eigenvalue weighted by molar-refractivity contribution is 7.99. The number of nitroso groups, excluding NO2 is 1. The molecule has 0 bridgehead atoms. The summed E-state index contributed by atoms with van der Waals surface area (Å²) in [5.74, 6) is -1.20. The van der Waals surface area contributed by atoms with Crippen molar-refractivity contribution in [1.82, 2.24) is 5.32 Å². The van der Waals surface area contributed by atoms with E-state index in [-0.39, 0.29) is 6.41 Å². The van der Waals surface area contributed by atoms with Crippen molar-refractivity contribution in [2.75, 3.05) is 0 Å². The highest BCUT2D eigenvalue weighted by Crippen LogP contribution is 2.28. The Morgan fingerprint density at radius 3 is 2.54 bits per heavy atom. The van der Waals surface area contributed by atoms with Crippen LogP contribution in [0.15, 0.2) is 4.58 Å². The van der Waals surface area contributed by atoms with Gasteiger partial charge in [-0.05, 0) is 13.8 Å². The number of hydrogen-bond acceptors (Lipinski definition) is 5. The smallest absolute Gasteiger partial charge is 0.327 e. The third-order valence-electron chi connectivity index (χ3n) is 1.45. The Balaban J connectivity index is 4.59. The molecule has 0 aliphatic heterocycles. The van der Waals surface area contributed by atoms with Crippen LogP contribution < -0.4 is 5.32 Å². The minimum atomic E-state index is -1.20. The van der Waals surface area contributed by atoms with Crippen molar-refractivity contribution < 1.29 is 14.7 Å². The number of aliphatic carboxylic acids is 1. The zero-order chi connectivity index (χ0) is 10.5. The Morgan fingerprint density at radius 1 is 1.69 bits per heavy atom. The molecule has 0 aliphatic carbocycles. The van der Waals surface area contributed by atoms with E-state index in [0.717, 1.165) is 0 Å². The number of nitrogens with zero attached hydrogens (tertiary/aromatic N) is 1. The number of carboxylic acids is 1. The molecule has 0 fully saturated rings. The van der Waals surface area contributed by atoms with Crippen LogP contribution in [0.5, 0.6) is 0 Å². The van der Waals surface area contributed by atoms with Crippen molar-refractivity contribution in [3.8, 4) is 0 Å². The minimum Gasteiger partial charge on any atom is -0.480 e. The summed E-state index contributed by atoms with van der Waals surface area (Å²) >= 11 is 0.577. The lowest BCUT2D eigenvalue weighted by Crippen LogP contribution is -2.49. The normalized spacial score (nSPS) is 13.1. The molecule has 0 saturated carbocycles. The molecular weight excluding hydrogens is 196 g/mol. The summed E-state index contributed by atoms with van der Waals surface area (Å²) in [5, 5.41) is 10.8. The van der Waals surface area contributed by atoms with Crippen LogP contribution >= 0.6 is 11.9 Å². The van der Waals surface area contributed by atoms with Crippen molar-refractivity contribution in [1.29, 1.82) is 0 Å². The van der Waals surface area contributed by atoms with Crippen LogP contribution in [0, 0.1) is 4.91 Å². The predicted molar refractivity (Wildman–Crippen MR) is 48.1 cm³/mol. The van der Waals surface area contributed by atoms with Gasteiger partial charge in [0, 0.05) is 16.5 Å². The number of nitrogens with one attached hydrogen (secondary N) is 1. The van der Waals surface area contributed by atoms with Gasteiger partial charge in [-0.25, -0.2) is 4.79 Å². The molecule has 0 radical (unpaired) electrons. The molecule has 6 nitrogen and oxygen atoms in total. The molecule has 1 atom stereocenters. The summed E-state index contributed by atoms with van der Waals surface area (Å²) < 4.78 is 1.58. The standard InChI is InChI=1S/C6H10N2O4S/c1-6(2,13-8-12)4(5(10)11)7-3-9/h3-4H,1-2H3,(H,7,9)(H,10,11)/t4-/m0/s1. The zero-order valence-electron chi connectivity index (χ0n) is 7.18. The minimum absolute atomic E-state index is 0.284. The Kier molecular flexibility index (Phi) is 4.39. The molecule has 0 aromatic carbocycles. The van der Waals surface area contributed by atoms with E-state index >= 15 is 0 Å². The van der Waals surface area contributed by atoms with E-state index in [4.69, 9.17) is 5.11 Å². The summed E-state index contributed by atoms with van der Waals surface area (Å²) in [4.78, 5) is 30.7. The van der Waals surface area contributed by atoms with Crippen molar-refractivity contribution in [2.45, 2.75) is 24.6 Å². The van der Waals surface area contributed by atoms with E-state index in [1.54, 1.807) is 0 Å². The number of carboxylic acid groups (broad SMARTS) is 1. The zero-order valence-corrected chi connectivity index (χ0v) is 8.00. The lowest BCUT2D eigenvalue weighted by molar-refractivity contribution is -0.141. The van der Waals surface area contributed by atoms with Crippen molar-refractivity contribution >= 4 is 24.3 Å². The highest BCUT2D eigenvalue weighted by Gasteiger charge is 2.36. The maximum absolute atomic E-state index is 10.6. The van der Waals surface area contributed by atoms with Gasteiger partial charge in [-0.15, -0.1) is 4.91 Å². The average molecular weight is 206 g/mol. The van der Waals surface area contributed by atoms with Crippen LogP contribution in [0.4, 0.5) is 0 Å². The lowest BCUT2D eigenvalue weighted by atomic mass is 10.0. The highest BCUT2D eigenvalue weighted by atomic mass is 32.2. The van der Waals surface area contributed by atoms with Gasteiger partial charge in [0.25, 0.3) is 0 Å². The Bertz CT molecular complexity index is 219. The van der Waals surface area contributed by atoms with Crippen molar-refractivity contribution in [2.24, 2.45) is 4.58 Å². The fourth-order valence-electron chi connectivity index (χ4n) is 0.786. The first kappa shape index (κ1) is 11.9. The molecule has 0 heterocycles. The average Bonchev–Trinajstić information content (AvgIpc) is 1.99. The SMILES string of the molecule is CC(C)(SN=O)[C@@H](NC=O)C(=O)O. The van der Waals surface area contributed by atoms with E-state index in [1.807, 2.05) is 0 Å². The summed E-state index contributed by atoms with van der Waals surface area (Å²) in [7, 11) is 0. The Morgan fingerprint density at radius 2 is 2.23 bits per heavy atom. The van der Waals surface area contributed by atoms with E-state index in [0.29, 0.717) is 11.9 Å². The summed E-state index contributed by atoms with van der Waals surface area (Å²) in [6.45, 7) is 3.02. The molecule has 0 rings (SSSR count). The second-order valence-corrected chi connectivity index (χ2v) is 4.21. The molecule has 0 aromatic rings. The van der Waals surface area contributed by atoms with Gasteiger partial charge in [0.05, 0.1) is 4.75 Å². The first-order valence-electron chi connectivity index (χ1n) is 3.39. The third kappa shape index (κ3) is 3.41. The first-order chi connectivity index (χ1) is 5.95. The van der Waals surface area contributed by atoms with Crippen LogP contribution in [-0.4, -0.2) is 28.3 Å². The molecule has 0 spiro atoms. The van der Waals surface area contributed by atoms with Gasteiger partial charge < -0.3 is 10.4 Å². The first-order valence-corrected chi connectivity index (χ1v) is 4.16. The van der Waals surface area contributed by atoms with E-state index < -0.39 is 16.8 Å². The quantitative estimate of drug-likeness (QED) is 0.372. The molecule has 0 unspecified atom stereocenters. The monoisotopic (exact) mass is 206 g/mol. The third-order valence-corrected chi connectivity index (χ3v) is 2.23. The van der Waals surface area contributed by atoms with Gasteiger partial charge in [-0.2, -0.15) is 0 Å². The van der Waals surface area contributed by atoms with Gasteiger partial charge in [-0.3, -0.25) is 4.79 Å². The fraction of sp³-hybridized carbons (Fsp3) is 0.667. The summed E-state index contributed by atoms with van der Waals surface area (Å²) in [5.41, 5.74) is 0. The molecule has 0 saturated heterocycles. The largest absolute Gasteiger partial charge is 0.480 e.